The molecule has 3 rings (SSSR count). The summed E-state index contributed by atoms with van der Waals surface area (Å²) >= 11 is 11.4. The standard InChI is InChI=1S/C9H5ClN4O.C9H8ClN3O/c1-5(15)14-9-6(4-12-14)2-8(10)13-7(9)3-11;1-5-3-8(10)13-7(4-11)9(5)12-6(2)14/h2,4H,1H3;3H,1-2H3,(H,12,14). The van der Waals surface area contributed by atoms with E-state index in [4.69, 9.17) is 33.7 Å². The predicted octanol–water partition coefficient (Wildman–Crippen LogP) is 3.49. The molecule has 9 nitrogen and oxygen atoms in total. The molecular weight excluding hydrogens is 417 g/mol. The van der Waals surface area contributed by atoms with Crippen LogP contribution in [0.1, 0.15) is 35.6 Å². The second-order valence-electron chi connectivity index (χ2n) is 5.70. The van der Waals surface area contributed by atoms with Crippen LogP contribution < -0.4 is 5.32 Å². The number of hydrogen-bond acceptors (Lipinski definition) is 7. The summed E-state index contributed by atoms with van der Waals surface area (Å²) < 4.78 is 1.14. The minimum atomic E-state index is -0.273. The Kier molecular flexibility index (Phi) is 6.84. The molecule has 11 heteroatoms. The Hall–Kier alpha value is -3.53. The monoisotopic (exact) mass is 429 g/mol. The van der Waals surface area contributed by atoms with Crippen LogP contribution in [0.4, 0.5) is 5.69 Å². The predicted molar refractivity (Wildman–Crippen MR) is 107 cm³/mol. The molecule has 0 radical (unpaired) electrons. The molecule has 0 fully saturated rings. The Morgan fingerprint density at radius 1 is 1.07 bits per heavy atom. The zero-order valence-corrected chi connectivity index (χ0v) is 17.0. The molecule has 3 heterocycles. The van der Waals surface area contributed by atoms with Crippen LogP contribution in [0.2, 0.25) is 10.3 Å². The molecule has 29 heavy (non-hydrogen) atoms. The molecule has 0 aliphatic carbocycles. The molecule has 0 bridgehead atoms. The van der Waals surface area contributed by atoms with Gasteiger partial charge in [-0.05, 0) is 24.6 Å². The minimum Gasteiger partial charge on any atom is -0.324 e. The van der Waals surface area contributed by atoms with Gasteiger partial charge in [-0.25, -0.2) is 9.97 Å². The van der Waals surface area contributed by atoms with Gasteiger partial charge in [-0.2, -0.15) is 20.3 Å². The van der Waals surface area contributed by atoms with Crippen LogP contribution in [0.15, 0.2) is 18.3 Å². The Labute approximate surface area is 175 Å². The normalized spacial score (nSPS) is 9.76. The first kappa shape index (κ1) is 21.8. The summed E-state index contributed by atoms with van der Waals surface area (Å²) in [6.45, 7) is 4.48. The zero-order chi connectivity index (χ0) is 21.7. The van der Waals surface area contributed by atoms with Gasteiger partial charge in [-0.1, -0.05) is 23.2 Å². The van der Waals surface area contributed by atoms with Gasteiger partial charge in [-0.3, -0.25) is 9.59 Å². The zero-order valence-electron chi connectivity index (χ0n) is 15.5. The number of nitrogens with zero attached hydrogens (tertiary/aromatic N) is 6. The number of fused-ring (bicyclic) bond motifs is 1. The van der Waals surface area contributed by atoms with Crippen molar-refractivity contribution in [2.24, 2.45) is 0 Å². The van der Waals surface area contributed by atoms with Gasteiger partial charge in [-0.15, -0.1) is 0 Å². The molecule has 0 unspecified atom stereocenters. The van der Waals surface area contributed by atoms with E-state index in [0.29, 0.717) is 16.6 Å². The summed E-state index contributed by atoms with van der Waals surface area (Å²) in [4.78, 5) is 29.7. The topological polar surface area (TPSA) is 137 Å². The summed E-state index contributed by atoms with van der Waals surface area (Å²) in [7, 11) is 0. The summed E-state index contributed by atoms with van der Waals surface area (Å²) in [5.74, 6) is -0.514. The Morgan fingerprint density at radius 3 is 2.21 bits per heavy atom. The number of halogens is 2. The van der Waals surface area contributed by atoms with Crippen molar-refractivity contribution in [2.75, 3.05) is 5.32 Å². The Balaban J connectivity index is 0.000000208. The summed E-state index contributed by atoms with van der Waals surface area (Å²) in [6.07, 6.45) is 1.48. The van der Waals surface area contributed by atoms with Gasteiger partial charge in [0.05, 0.1) is 11.9 Å². The van der Waals surface area contributed by atoms with Gasteiger partial charge >= 0.3 is 0 Å². The van der Waals surface area contributed by atoms with Crippen molar-refractivity contribution in [1.29, 1.82) is 10.5 Å². The smallest absolute Gasteiger partial charge is 0.244 e. The molecule has 0 aromatic carbocycles. The van der Waals surface area contributed by atoms with E-state index in [2.05, 4.69) is 20.4 Å². The first-order chi connectivity index (χ1) is 13.7. The third-order valence-corrected chi connectivity index (χ3v) is 3.90. The van der Waals surface area contributed by atoms with Crippen molar-refractivity contribution < 1.29 is 9.59 Å². The van der Waals surface area contributed by atoms with E-state index in [0.717, 1.165) is 10.2 Å². The minimum absolute atomic E-state index is 0.102. The van der Waals surface area contributed by atoms with Gasteiger partial charge in [0.1, 0.15) is 28.0 Å². The largest absolute Gasteiger partial charge is 0.324 e. The molecule has 0 aliphatic heterocycles. The van der Waals surface area contributed by atoms with Crippen LogP contribution in [-0.4, -0.2) is 31.6 Å². The van der Waals surface area contributed by atoms with E-state index in [9.17, 15) is 9.59 Å². The number of nitrogens with one attached hydrogen (secondary N) is 1. The average Bonchev–Trinajstić information content (AvgIpc) is 3.07. The quantitative estimate of drug-likeness (QED) is 0.583. The maximum Gasteiger partial charge on any atom is 0.244 e. The molecule has 0 saturated carbocycles. The molecule has 0 aliphatic rings. The van der Waals surface area contributed by atoms with Crippen molar-refractivity contribution >= 4 is 51.6 Å². The maximum atomic E-state index is 11.2. The second kappa shape index (κ2) is 9.11. The van der Waals surface area contributed by atoms with Gasteiger partial charge in [0, 0.05) is 19.2 Å². The number of aryl methyl sites for hydroxylation is 1. The molecule has 0 saturated heterocycles. The van der Waals surface area contributed by atoms with Crippen LogP contribution in [-0.2, 0) is 4.79 Å². The fraction of sp³-hybridized carbons (Fsp3) is 0.167. The summed E-state index contributed by atoms with van der Waals surface area (Å²) in [6, 6.07) is 6.91. The Bertz CT molecular complexity index is 1210. The molecule has 0 spiro atoms. The van der Waals surface area contributed by atoms with Gasteiger partial charge in [0.15, 0.2) is 11.4 Å². The van der Waals surface area contributed by atoms with Crippen LogP contribution >= 0.6 is 23.2 Å². The third-order valence-electron chi connectivity index (χ3n) is 3.51. The lowest BCUT2D eigenvalue weighted by molar-refractivity contribution is -0.114. The highest BCUT2D eigenvalue weighted by molar-refractivity contribution is 6.30. The van der Waals surface area contributed by atoms with E-state index in [1.165, 1.54) is 20.0 Å². The third kappa shape index (κ3) is 5.05. The van der Waals surface area contributed by atoms with Crippen molar-refractivity contribution in [3.05, 3.63) is 45.6 Å². The van der Waals surface area contributed by atoms with Gasteiger partial charge in [0.2, 0.25) is 11.8 Å². The first-order valence-electron chi connectivity index (χ1n) is 7.98. The maximum absolute atomic E-state index is 11.2. The number of amides is 1. The first-order valence-corrected chi connectivity index (χ1v) is 8.73. The van der Waals surface area contributed by atoms with Crippen LogP contribution in [0, 0.1) is 29.6 Å². The number of carbonyl (C=O) groups is 2. The number of rotatable bonds is 1. The van der Waals surface area contributed by atoms with E-state index >= 15 is 0 Å². The highest BCUT2D eigenvalue weighted by Gasteiger charge is 2.13. The number of anilines is 1. The fourth-order valence-electron chi connectivity index (χ4n) is 2.39. The van der Waals surface area contributed by atoms with Crippen LogP contribution in [0.3, 0.4) is 0 Å². The van der Waals surface area contributed by atoms with Gasteiger partial charge < -0.3 is 5.32 Å². The van der Waals surface area contributed by atoms with E-state index < -0.39 is 0 Å². The highest BCUT2D eigenvalue weighted by Crippen LogP contribution is 2.22. The molecule has 1 amide bonds. The molecule has 1 N–H and O–H groups in total. The molecule has 3 aromatic rings. The number of aromatic nitrogens is 4. The molecule has 3 aromatic heterocycles. The van der Waals surface area contributed by atoms with Crippen molar-refractivity contribution in [1.82, 2.24) is 19.7 Å². The van der Waals surface area contributed by atoms with E-state index in [-0.39, 0.29) is 33.5 Å². The lowest BCUT2D eigenvalue weighted by Gasteiger charge is -2.07. The fourth-order valence-corrected chi connectivity index (χ4v) is 2.84. The molecule has 146 valence electrons. The van der Waals surface area contributed by atoms with Crippen LogP contribution in [0.25, 0.3) is 10.9 Å². The number of nitriles is 2. The SMILES string of the molecule is CC(=O)Nc1c(C)cc(Cl)nc1C#N.CC(=O)n1ncc2cc(Cl)nc(C#N)c21. The lowest BCUT2D eigenvalue weighted by atomic mass is 10.2. The van der Waals surface area contributed by atoms with Crippen molar-refractivity contribution in [3.63, 3.8) is 0 Å². The average molecular weight is 430 g/mol. The van der Waals surface area contributed by atoms with E-state index in [1.54, 1.807) is 19.1 Å². The molecule has 0 atom stereocenters. The van der Waals surface area contributed by atoms with Gasteiger partial charge in [0.25, 0.3) is 0 Å². The summed E-state index contributed by atoms with van der Waals surface area (Å²) in [5.41, 5.74) is 1.77. The highest BCUT2D eigenvalue weighted by atomic mass is 35.5. The lowest BCUT2D eigenvalue weighted by Crippen LogP contribution is -2.09. The number of pyridine rings is 2. The number of carbonyl (C=O) groups excluding carboxylic acids is 2. The molecular formula is C18H13Cl2N7O2. The second-order valence-corrected chi connectivity index (χ2v) is 6.47. The number of hydrogen-bond donors (Lipinski definition) is 1. The van der Waals surface area contributed by atoms with E-state index in [1.807, 2.05) is 12.1 Å². The van der Waals surface area contributed by atoms with Crippen molar-refractivity contribution in [3.8, 4) is 12.1 Å². The van der Waals surface area contributed by atoms with Crippen LogP contribution in [0.5, 0.6) is 0 Å². The Morgan fingerprint density at radius 2 is 1.66 bits per heavy atom. The van der Waals surface area contributed by atoms with Crippen molar-refractivity contribution in [2.45, 2.75) is 20.8 Å². The summed E-state index contributed by atoms with van der Waals surface area (Å²) in [5, 5.41) is 25.1.